The molecule has 0 saturated heterocycles. The van der Waals surface area contributed by atoms with Crippen LogP contribution in [0.1, 0.15) is 24.4 Å². The first kappa shape index (κ1) is 19.0. The van der Waals surface area contributed by atoms with Crippen LogP contribution in [0.15, 0.2) is 47.6 Å². The van der Waals surface area contributed by atoms with Crippen LogP contribution in [0.2, 0.25) is 10.0 Å². The van der Waals surface area contributed by atoms with E-state index in [0.29, 0.717) is 27.4 Å². The predicted molar refractivity (Wildman–Crippen MR) is 102 cm³/mol. The normalized spacial score (nSPS) is 12.2. The summed E-state index contributed by atoms with van der Waals surface area (Å²) in [5.74, 6) is 1.59. The molecule has 0 radical (unpaired) electrons. The number of hydrogen-bond donors (Lipinski definition) is 0. The molecule has 0 bridgehead atoms. The van der Waals surface area contributed by atoms with Crippen molar-refractivity contribution in [3.63, 3.8) is 0 Å². The van der Waals surface area contributed by atoms with E-state index in [0.717, 1.165) is 10.7 Å². The number of benzene rings is 2. The molecular formula is C18H16Cl2FN3OS. The van der Waals surface area contributed by atoms with E-state index in [-0.39, 0.29) is 11.9 Å². The number of rotatable bonds is 6. The molecule has 3 rings (SSSR count). The van der Waals surface area contributed by atoms with Crippen molar-refractivity contribution in [2.45, 2.75) is 23.9 Å². The molecule has 1 aromatic heterocycles. The highest BCUT2D eigenvalue weighted by molar-refractivity contribution is 7.98. The minimum atomic E-state index is -0.358. The topological polar surface area (TPSA) is 39.9 Å². The zero-order valence-corrected chi connectivity index (χ0v) is 16.4. The van der Waals surface area contributed by atoms with Crippen molar-refractivity contribution in [3.05, 3.63) is 69.7 Å². The summed E-state index contributed by atoms with van der Waals surface area (Å²) >= 11 is 13.7. The average Bonchev–Trinajstić information content (AvgIpc) is 2.98. The second-order valence-corrected chi connectivity index (χ2v) is 7.44. The number of nitrogens with zero attached hydrogens (tertiary/aromatic N) is 3. The third-order valence-corrected chi connectivity index (χ3v) is 5.35. The Bertz CT molecular complexity index is 902. The first-order valence-electron chi connectivity index (χ1n) is 7.82. The van der Waals surface area contributed by atoms with E-state index >= 15 is 0 Å². The third-order valence-electron chi connectivity index (χ3n) is 3.71. The standard InChI is InChI=1S/C18H16Cl2FN3OS/c1-11(25-16-9-13(19)5-8-15(16)20)17-22-23-18(24(17)2)26-10-12-3-6-14(21)7-4-12/h3-9,11H,10H2,1-2H3. The summed E-state index contributed by atoms with van der Waals surface area (Å²) in [5.41, 5.74) is 1.01. The molecule has 1 unspecified atom stereocenters. The smallest absolute Gasteiger partial charge is 0.191 e. The minimum Gasteiger partial charge on any atom is -0.481 e. The van der Waals surface area contributed by atoms with Crippen LogP contribution in [-0.2, 0) is 12.8 Å². The highest BCUT2D eigenvalue weighted by Crippen LogP contribution is 2.32. The fraction of sp³-hybridized carbons (Fsp3) is 0.222. The largest absolute Gasteiger partial charge is 0.481 e. The zero-order valence-electron chi connectivity index (χ0n) is 14.1. The van der Waals surface area contributed by atoms with E-state index in [2.05, 4.69) is 10.2 Å². The molecule has 0 spiro atoms. The SMILES string of the molecule is CC(Oc1cc(Cl)ccc1Cl)c1nnc(SCc2ccc(F)cc2)n1C. The Kier molecular flexibility index (Phi) is 6.06. The summed E-state index contributed by atoms with van der Waals surface area (Å²) < 4.78 is 20.7. The molecule has 8 heteroatoms. The second-order valence-electron chi connectivity index (χ2n) is 5.65. The molecule has 0 aliphatic carbocycles. The molecule has 0 aliphatic heterocycles. The molecule has 1 heterocycles. The summed E-state index contributed by atoms with van der Waals surface area (Å²) in [7, 11) is 1.88. The first-order chi connectivity index (χ1) is 12.4. The maximum absolute atomic E-state index is 13.0. The number of halogens is 3. The number of aromatic nitrogens is 3. The van der Waals surface area contributed by atoms with Gasteiger partial charge in [-0.3, -0.25) is 0 Å². The molecule has 26 heavy (non-hydrogen) atoms. The highest BCUT2D eigenvalue weighted by Gasteiger charge is 2.18. The van der Waals surface area contributed by atoms with Gasteiger partial charge in [0.25, 0.3) is 0 Å². The van der Waals surface area contributed by atoms with Crippen LogP contribution < -0.4 is 4.74 Å². The molecule has 4 nitrogen and oxygen atoms in total. The number of hydrogen-bond acceptors (Lipinski definition) is 4. The van der Waals surface area contributed by atoms with Gasteiger partial charge in [0.15, 0.2) is 17.1 Å². The lowest BCUT2D eigenvalue weighted by molar-refractivity contribution is 0.211. The van der Waals surface area contributed by atoms with Crippen LogP contribution in [-0.4, -0.2) is 14.8 Å². The lowest BCUT2D eigenvalue weighted by Crippen LogP contribution is -2.10. The van der Waals surface area contributed by atoms with Crippen LogP contribution in [0.25, 0.3) is 0 Å². The fourth-order valence-corrected chi connectivity index (χ4v) is 3.54. The van der Waals surface area contributed by atoms with Gasteiger partial charge in [0.2, 0.25) is 0 Å². The Morgan fingerprint density at radius 3 is 2.62 bits per heavy atom. The fourth-order valence-electron chi connectivity index (χ4n) is 2.35. The lowest BCUT2D eigenvalue weighted by atomic mass is 10.2. The molecule has 2 aromatic carbocycles. The summed E-state index contributed by atoms with van der Waals surface area (Å²) in [6.07, 6.45) is -0.358. The van der Waals surface area contributed by atoms with Crippen molar-refractivity contribution in [2.24, 2.45) is 7.05 Å². The van der Waals surface area contributed by atoms with Gasteiger partial charge in [-0.05, 0) is 36.8 Å². The van der Waals surface area contributed by atoms with Crippen molar-refractivity contribution in [1.29, 1.82) is 0 Å². The van der Waals surface area contributed by atoms with Crippen molar-refractivity contribution < 1.29 is 9.13 Å². The van der Waals surface area contributed by atoms with Gasteiger partial charge in [-0.2, -0.15) is 0 Å². The van der Waals surface area contributed by atoms with Crippen LogP contribution in [0.3, 0.4) is 0 Å². The third kappa shape index (κ3) is 4.50. The molecule has 1 atom stereocenters. The van der Waals surface area contributed by atoms with E-state index in [1.54, 1.807) is 30.3 Å². The van der Waals surface area contributed by atoms with Crippen molar-refractivity contribution in [1.82, 2.24) is 14.8 Å². The predicted octanol–water partition coefficient (Wildman–Crippen LogP) is 5.69. The van der Waals surface area contributed by atoms with E-state index in [4.69, 9.17) is 27.9 Å². The van der Waals surface area contributed by atoms with Crippen molar-refractivity contribution in [2.75, 3.05) is 0 Å². The molecule has 136 valence electrons. The lowest BCUT2D eigenvalue weighted by Gasteiger charge is -2.15. The van der Waals surface area contributed by atoms with E-state index in [1.165, 1.54) is 23.9 Å². The van der Waals surface area contributed by atoms with E-state index in [1.807, 2.05) is 18.5 Å². The summed E-state index contributed by atoms with van der Waals surface area (Å²) in [5, 5.41) is 10.2. The van der Waals surface area contributed by atoms with Gasteiger partial charge < -0.3 is 9.30 Å². The molecule has 0 aliphatic rings. The maximum atomic E-state index is 13.0. The Morgan fingerprint density at radius 1 is 1.15 bits per heavy atom. The van der Waals surface area contributed by atoms with Gasteiger partial charge in [0.1, 0.15) is 11.6 Å². The highest BCUT2D eigenvalue weighted by atomic mass is 35.5. The van der Waals surface area contributed by atoms with Gasteiger partial charge in [-0.1, -0.05) is 47.1 Å². The van der Waals surface area contributed by atoms with Crippen LogP contribution >= 0.6 is 35.0 Å². The molecule has 0 fully saturated rings. The number of thioether (sulfide) groups is 1. The van der Waals surface area contributed by atoms with Gasteiger partial charge in [0.05, 0.1) is 5.02 Å². The summed E-state index contributed by atoms with van der Waals surface area (Å²) in [6, 6.07) is 11.5. The van der Waals surface area contributed by atoms with Gasteiger partial charge in [0, 0.05) is 23.9 Å². The van der Waals surface area contributed by atoms with Gasteiger partial charge in [-0.15, -0.1) is 10.2 Å². The molecule has 3 aromatic rings. The zero-order chi connectivity index (χ0) is 18.7. The van der Waals surface area contributed by atoms with Crippen LogP contribution in [0, 0.1) is 5.82 Å². The minimum absolute atomic E-state index is 0.245. The Labute approximate surface area is 165 Å². The second kappa shape index (κ2) is 8.29. The van der Waals surface area contributed by atoms with Crippen molar-refractivity contribution in [3.8, 4) is 5.75 Å². The molecule has 0 N–H and O–H groups in total. The van der Waals surface area contributed by atoms with Crippen LogP contribution in [0.4, 0.5) is 4.39 Å². The number of ether oxygens (including phenoxy) is 1. The van der Waals surface area contributed by atoms with Crippen LogP contribution in [0.5, 0.6) is 5.75 Å². The van der Waals surface area contributed by atoms with Crippen molar-refractivity contribution >= 4 is 35.0 Å². The Hall–Kier alpha value is -1.76. The molecule has 0 saturated carbocycles. The quantitative estimate of drug-likeness (QED) is 0.488. The van der Waals surface area contributed by atoms with Gasteiger partial charge in [-0.25, -0.2) is 4.39 Å². The van der Waals surface area contributed by atoms with E-state index < -0.39 is 0 Å². The van der Waals surface area contributed by atoms with Gasteiger partial charge >= 0.3 is 0 Å². The first-order valence-corrected chi connectivity index (χ1v) is 9.56. The summed E-state index contributed by atoms with van der Waals surface area (Å²) in [6.45, 7) is 1.87. The summed E-state index contributed by atoms with van der Waals surface area (Å²) in [4.78, 5) is 0. The average molecular weight is 412 g/mol. The maximum Gasteiger partial charge on any atom is 0.191 e. The molecular weight excluding hydrogens is 396 g/mol. The monoisotopic (exact) mass is 411 g/mol. The Balaban J connectivity index is 1.69. The Morgan fingerprint density at radius 2 is 1.88 bits per heavy atom. The van der Waals surface area contributed by atoms with E-state index in [9.17, 15) is 4.39 Å². The molecule has 0 amide bonds.